The van der Waals surface area contributed by atoms with Crippen LogP contribution in [0.15, 0.2) is 22.2 Å². The molecule has 8 nitrogen and oxygen atoms in total. The predicted octanol–water partition coefficient (Wildman–Crippen LogP) is 2.41. The van der Waals surface area contributed by atoms with Gasteiger partial charge in [0.1, 0.15) is 29.2 Å². The Morgan fingerprint density at radius 2 is 1.96 bits per heavy atom. The summed E-state index contributed by atoms with van der Waals surface area (Å²) in [4.78, 5) is 38.6. The van der Waals surface area contributed by atoms with Gasteiger partial charge in [0.05, 0.1) is 11.3 Å². The van der Waals surface area contributed by atoms with Gasteiger partial charge in [-0.1, -0.05) is 6.42 Å². The zero-order chi connectivity index (χ0) is 19.9. The number of nitrogens with one attached hydrogen (secondary N) is 2. The number of amides is 1. The Labute approximate surface area is 163 Å². The van der Waals surface area contributed by atoms with Gasteiger partial charge in [0.15, 0.2) is 0 Å². The van der Waals surface area contributed by atoms with Crippen LogP contribution < -0.4 is 16.2 Å². The number of anilines is 2. The van der Waals surface area contributed by atoms with Crippen LogP contribution in [0.1, 0.15) is 59.4 Å². The van der Waals surface area contributed by atoms with Gasteiger partial charge in [-0.05, 0) is 51.2 Å². The van der Waals surface area contributed by atoms with Gasteiger partial charge in [-0.2, -0.15) is 0 Å². The summed E-state index contributed by atoms with van der Waals surface area (Å²) in [5, 5.41) is 6.26. The van der Waals surface area contributed by atoms with Crippen molar-refractivity contribution in [3.63, 3.8) is 0 Å². The summed E-state index contributed by atoms with van der Waals surface area (Å²) in [6.07, 6.45) is 7.78. The number of aryl methyl sites for hydroxylation is 2. The largest absolute Gasteiger partial charge is 0.335 e. The van der Waals surface area contributed by atoms with E-state index >= 15 is 0 Å². The maximum atomic E-state index is 13.4. The number of hydrogen-bond donors (Lipinski definition) is 2. The maximum absolute atomic E-state index is 13.4. The van der Waals surface area contributed by atoms with Crippen LogP contribution in [-0.4, -0.2) is 33.7 Å². The molecule has 1 saturated carbocycles. The van der Waals surface area contributed by atoms with Gasteiger partial charge in [0.2, 0.25) is 0 Å². The van der Waals surface area contributed by atoms with Crippen molar-refractivity contribution in [2.24, 2.45) is 4.99 Å². The van der Waals surface area contributed by atoms with Crippen molar-refractivity contribution in [2.75, 3.05) is 12.4 Å². The van der Waals surface area contributed by atoms with Crippen LogP contribution in [0.2, 0.25) is 0 Å². The second-order valence-electron chi connectivity index (χ2n) is 7.51. The molecule has 2 aromatic heterocycles. The number of carbonyl (C=O) groups is 1. The summed E-state index contributed by atoms with van der Waals surface area (Å²) in [5.74, 6) is 0.352. The molecule has 0 saturated heterocycles. The maximum Gasteiger partial charge on any atom is 0.276 e. The Morgan fingerprint density at radius 1 is 1.21 bits per heavy atom. The molecule has 0 bridgehead atoms. The SMILES string of the molecule is CN=Cc1c(C)ncnc1Nc1cc(C)c2n(c1=O)C1(CCCCC1)NC2=O. The molecule has 0 radical (unpaired) electrons. The third-order valence-corrected chi connectivity index (χ3v) is 5.66. The Balaban J connectivity index is 1.85. The summed E-state index contributed by atoms with van der Waals surface area (Å²) in [6, 6.07) is 1.72. The Morgan fingerprint density at radius 3 is 2.68 bits per heavy atom. The lowest BCUT2D eigenvalue weighted by molar-refractivity contribution is 0.0876. The number of aliphatic imine (C=N–C) groups is 1. The summed E-state index contributed by atoms with van der Waals surface area (Å²) in [6.45, 7) is 3.72. The minimum atomic E-state index is -0.612. The van der Waals surface area contributed by atoms with Crippen LogP contribution in [0.5, 0.6) is 0 Å². The van der Waals surface area contributed by atoms with Gasteiger partial charge in [-0.15, -0.1) is 0 Å². The van der Waals surface area contributed by atoms with Gasteiger partial charge in [-0.3, -0.25) is 19.1 Å². The van der Waals surface area contributed by atoms with E-state index in [9.17, 15) is 9.59 Å². The lowest BCUT2D eigenvalue weighted by atomic mass is 9.89. The quantitative estimate of drug-likeness (QED) is 0.796. The molecule has 2 N–H and O–H groups in total. The fourth-order valence-corrected chi connectivity index (χ4v) is 4.33. The summed E-state index contributed by atoms with van der Waals surface area (Å²) >= 11 is 0. The van der Waals surface area contributed by atoms with Crippen LogP contribution in [0, 0.1) is 13.8 Å². The van der Waals surface area contributed by atoms with Gasteiger partial charge in [-0.25, -0.2) is 9.97 Å². The molecule has 1 spiro atoms. The number of aromatic nitrogens is 3. The van der Waals surface area contributed by atoms with E-state index in [0.717, 1.165) is 48.9 Å². The van der Waals surface area contributed by atoms with E-state index < -0.39 is 5.66 Å². The highest BCUT2D eigenvalue weighted by Crippen LogP contribution is 2.37. The van der Waals surface area contributed by atoms with E-state index in [-0.39, 0.29) is 11.5 Å². The minimum Gasteiger partial charge on any atom is -0.335 e. The van der Waals surface area contributed by atoms with Crippen molar-refractivity contribution in [3.05, 3.63) is 45.3 Å². The first-order chi connectivity index (χ1) is 13.5. The fraction of sp³-hybridized carbons (Fsp3) is 0.450. The van der Waals surface area contributed by atoms with Crippen LogP contribution in [0.3, 0.4) is 0 Å². The van der Waals surface area contributed by atoms with E-state index in [4.69, 9.17) is 0 Å². The third kappa shape index (κ3) is 2.80. The fourth-order valence-electron chi connectivity index (χ4n) is 4.33. The highest BCUT2D eigenvalue weighted by atomic mass is 16.2. The second kappa shape index (κ2) is 6.85. The molecule has 1 aliphatic carbocycles. The third-order valence-electron chi connectivity index (χ3n) is 5.66. The molecule has 28 heavy (non-hydrogen) atoms. The standard InChI is InChI=1S/C20H24N6O2/c1-12-9-15(24-17-14(10-21-3)13(2)22-11-23-17)19(28)26-16(12)18(27)25-20(26)7-5-4-6-8-20/h9-11H,4-8H2,1-3H3,(H,25,27)(H,22,23,24). The average Bonchev–Trinajstić information content (AvgIpc) is 2.95. The van der Waals surface area contributed by atoms with Crippen LogP contribution in [0.25, 0.3) is 0 Å². The number of rotatable bonds is 3. The molecule has 0 aromatic carbocycles. The van der Waals surface area contributed by atoms with Crippen LogP contribution in [-0.2, 0) is 5.66 Å². The van der Waals surface area contributed by atoms with E-state index in [2.05, 4.69) is 25.6 Å². The van der Waals surface area contributed by atoms with Crippen LogP contribution >= 0.6 is 0 Å². The lowest BCUT2D eigenvalue weighted by Crippen LogP contribution is -2.48. The van der Waals surface area contributed by atoms with Crippen molar-refractivity contribution in [1.29, 1.82) is 0 Å². The molecular formula is C20H24N6O2. The molecule has 2 aliphatic rings. The number of nitrogens with zero attached hydrogens (tertiary/aromatic N) is 4. The van der Waals surface area contributed by atoms with Crippen molar-refractivity contribution in [3.8, 4) is 0 Å². The van der Waals surface area contributed by atoms with Crippen molar-refractivity contribution in [2.45, 2.75) is 51.6 Å². The Hall–Kier alpha value is -3.03. The van der Waals surface area contributed by atoms with Crippen LogP contribution in [0.4, 0.5) is 11.5 Å². The smallest absolute Gasteiger partial charge is 0.276 e. The molecule has 0 unspecified atom stereocenters. The molecule has 1 amide bonds. The van der Waals surface area contributed by atoms with E-state index in [0.29, 0.717) is 17.2 Å². The first-order valence-corrected chi connectivity index (χ1v) is 9.57. The molecule has 8 heteroatoms. The molecule has 3 heterocycles. The zero-order valence-corrected chi connectivity index (χ0v) is 16.4. The molecular weight excluding hydrogens is 356 g/mol. The summed E-state index contributed by atoms with van der Waals surface area (Å²) in [7, 11) is 1.68. The van der Waals surface area contributed by atoms with Crippen molar-refractivity contribution in [1.82, 2.24) is 19.9 Å². The van der Waals surface area contributed by atoms with Gasteiger partial charge >= 0.3 is 0 Å². The lowest BCUT2D eigenvalue weighted by Gasteiger charge is -2.35. The normalized spacial score (nSPS) is 17.8. The Kier molecular flexibility index (Phi) is 4.49. The number of carbonyl (C=O) groups excluding carboxylic acids is 1. The summed E-state index contributed by atoms with van der Waals surface area (Å²) < 4.78 is 1.67. The van der Waals surface area contributed by atoms with Gasteiger partial charge in [0.25, 0.3) is 11.5 Å². The van der Waals surface area contributed by atoms with Crippen molar-refractivity contribution < 1.29 is 4.79 Å². The molecule has 1 fully saturated rings. The molecule has 1 aliphatic heterocycles. The zero-order valence-electron chi connectivity index (χ0n) is 16.4. The van der Waals surface area contributed by atoms with E-state index in [1.165, 1.54) is 6.33 Å². The predicted molar refractivity (Wildman–Crippen MR) is 108 cm³/mol. The minimum absolute atomic E-state index is 0.167. The van der Waals surface area contributed by atoms with Gasteiger partial charge in [0, 0.05) is 13.3 Å². The van der Waals surface area contributed by atoms with Gasteiger partial charge < -0.3 is 10.6 Å². The molecule has 4 rings (SSSR count). The summed E-state index contributed by atoms with van der Waals surface area (Å²) in [5.41, 5.74) is 2.29. The molecule has 0 atom stereocenters. The highest BCUT2D eigenvalue weighted by molar-refractivity contribution is 5.97. The average molecular weight is 380 g/mol. The first kappa shape index (κ1) is 18.3. The topological polar surface area (TPSA) is 101 Å². The second-order valence-corrected chi connectivity index (χ2v) is 7.51. The van der Waals surface area contributed by atoms with E-state index in [1.54, 1.807) is 23.9 Å². The number of hydrogen-bond acceptors (Lipinski definition) is 6. The number of pyridine rings is 1. The first-order valence-electron chi connectivity index (χ1n) is 9.57. The number of fused-ring (bicyclic) bond motifs is 2. The van der Waals surface area contributed by atoms with E-state index in [1.807, 2.05) is 13.8 Å². The van der Waals surface area contributed by atoms with Crippen molar-refractivity contribution >= 4 is 23.6 Å². The molecule has 2 aromatic rings. The highest BCUT2D eigenvalue weighted by Gasteiger charge is 2.45. The molecule has 146 valence electrons. The Bertz CT molecular complexity index is 1030. The monoisotopic (exact) mass is 380 g/mol.